The summed E-state index contributed by atoms with van der Waals surface area (Å²) in [5, 5.41) is 39.7. The fourth-order valence-electron chi connectivity index (χ4n) is 3.45. The second-order valence-electron chi connectivity index (χ2n) is 10.3. The smallest absolute Gasteiger partial charge is 0.326 e. The minimum Gasteiger partial charge on any atom is -0.481 e. The van der Waals surface area contributed by atoms with E-state index in [1.807, 2.05) is 6.92 Å². The van der Waals surface area contributed by atoms with Gasteiger partial charge in [-0.3, -0.25) is 28.8 Å². The largest absolute Gasteiger partial charge is 0.481 e. The Kier molecular flexibility index (Phi) is 16.2. The van der Waals surface area contributed by atoms with E-state index in [2.05, 4.69) is 26.6 Å². The van der Waals surface area contributed by atoms with Gasteiger partial charge in [-0.2, -0.15) is 0 Å². The van der Waals surface area contributed by atoms with Crippen LogP contribution in [0.15, 0.2) is 0 Å². The van der Waals surface area contributed by atoms with Crippen molar-refractivity contribution < 1.29 is 48.9 Å². The first-order valence-electron chi connectivity index (χ1n) is 13.3. The van der Waals surface area contributed by atoms with Crippen molar-refractivity contribution in [2.45, 2.75) is 97.1 Å². The van der Waals surface area contributed by atoms with Gasteiger partial charge in [0.05, 0.1) is 25.1 Å². The summed E-state index contributed by atoms with van der Waals surface area (Å²) in [7, 11) is 0. The number of hydrogen-bond donors (Lipinski definition) is 9. The molecule has 16 heteroatoms. The number of aliphatic carboxylic acids is 2. The lowest BCUT2D eigenvalue weighted by Gasteiger charge is -2.26. The molecule has 0 rings (SSSR count). The van der Waals surface area contributed by atoms with Crippen molar-refractivity contribution in [1.82, 2.24) is 26.6 Å². The summed E-state index contributed by atoms with van der Waals surface area (Å²) in [5.41, 5.74) is 5.83. The number of nitrogens with one attached hydrogen (secondary N) is 5. The van der Waals surface area contributed by atoms with Gasteiger partial charge in [0.25, 0.3) is 0 Å². The molecule has 10 N–H and O–H groups in total. The molecular weight excluding hydrogens is 544 g/mol. The summed E-state index contributed by atoms with van der Waals surface area (Å²) in [6, 6.07) is -6.60. The predicted molar refractivity (Wildman–Crippen MR) is 145 cm³/mol. The topological polar surface area (TPSA) is 266 Å². The SMILES string of the molecule is CCC(C)C(N)C(=O)NC(C)C(=O)NCC(=O)NC(CC(=O)O)C(=O)NC(C(=O)NC(CC(C)C)C(=O)O)C(C)O. The quantitative estimate of drug-likeness (QED) is 0.0802. The summed E-state index contributed by atoms with van der Waals surface area (Å²) in [5.74, 6) is -7.49. The molecule has 5 amide bonds. The van der Waals surface area contributed by atoms with Crippen LogP contribution in [0.5, 0.6) is 0 Å². The van der Waals surface area contributed by atoms with Gasteiger partial charge >= 0.3 is 11.9 Å². The Morgan fingerprint density at radius 1 is 0.756 bits per heavy atom. The van der Waals surface area contributed by atoms with Crippen molar-refractivity contribution in [3.63, 3.8) is 0 Å². The number of aliphatic hydroxyl groups is 1. The predicted octanol–water partition coefficient (Wildman–Crippen LogP) is -2.58. The van der Waals surface area contributed by atoms with Crippen LogP contribution in [0.25, 0.3) is 0 Å². The van der Waals surface area contributed by atoms with Gasteiger partial charge in [-0.05, 0) is 32.1 Å². The van der Waals surface area contributed by atoms with Crippen LogP contribution in [0.4, 0.5) is 0 Å². The minimum absolute atomic E-state index is 0.0674. The highest BCUT2D eigenvalue weighted by atomic mass is 16.4. The molecule has 7 unspecified atom stereocenters. The van der Waals surface area contributed by atoms with Gasteiger partial charge in [-0.1, -0.05) is 34.1 Å². The van der Waals surface area contributed by atoms with Crippen molar-refractivity contribution in [3.8, 4) is 0 Å². The zero-order chi connectivity index (χ0) is 32.0. The number of hydrogen-bond acceptors (Lipinski definition) is 9. The molecule has 0 saturated carbocycles. The van der Waals surface area contributed by atoms with Crippen molar-refractivity contribution >= 4 is 41.5 Å². The molecule has 0 heterocycles. The van der Waals surface area contributed by atoms with E-state index in [9.17, 15) is 48.9 Å². The third-order valence-corrected chi connectivity index (χ3v) is 6.15. The Balaban J connectivity index is 5.30. The molecule has 0 bridgehead atoms. The van der Waals surface area contributed by atoms with Gasteiger partial charge in [0.2, 0.25) is 29.5 Å². The normalized spacial score (nSPS) is 16.1. The molecule has 7 atom stereocenters. The van der Waals surface area contributed by atoms with Gasteiger partial charge in [-0.15, -0.1) is 0 Å². The van der Waals surface area contributed by atoms with Crippen molar-refractivity contribution in [2.24, 2.45) is 17.6 Å². The second-order valence-corrected chi connectivity index (χ2v) is 10.3. The summed E-state index contributed by atoms with van der Waals surface area (Å²) in [6.45, 7) is 8.93. The van der Waals surface area contributed by atoms with Gasteiger partial charge in [-0.25, -0.2) is 4.79 Å². The number of aliphatic hydroxyl groups excluding tert-OH is 1. The lowest BCUT2D eigenvalue weighted by molar-refractivity contribution is -0.144. The number of amides is 5. The highest BCUT2D eigenvalue weighted by Crippen LogP contribution is 2.07. The monoisotopic (exact) mass is 588 g/mol. The molecule has 0 fully saturated rings. The Morgan fingerprint density at radius 2 is 1.34 bits per heavy atom. The second kappa shape index (κ2) is 17.8. The number of carboxylic acid groups (broad SMARTS) is 2. The van der Waals surface area contributed by atoms with E-state index in [-0.39, 0.29) is 18.3 Å². The van der Waals surface area contributed by atoms with Crippen molar-refractivity contribution in [3.05, 3.63) is 0 Å². The molecule has 0 radical (unpaired) electrons. The van der Waals surface area contributed by atoms with Crippen molar-refractivity contribution in [1.29, 1.82) is 0 Å². The number of carbonyl (C=O) groups excluding carboxylic acids is 5. The Morgan fingerprint density at radius 3 is 1.80 bits per heavy atom. The fourth-order valence-corrected chi connectivity index (χ4v) is 3.45. The molecule has 0 spiro atoms. The lowest BCUT2D eigenvalue weighted by Crippen LogP contribution is -2.60. The number of nitrogens with two attached hydrogens (primary N) is 1. The number of rotatable bonds is 18. The van der Waals surface area contributed by atoms with Crippen LogP contribution in [-0.2, 0) is 33.6 Å². The first kappa shape index (κ1) is 37.2. The third kappa shape index (κ3) is 13.9. The van der Waals surface area contributed by atoms with E-state index in [1.54, 1.807) is 20.8 Å². The standard InChI is InChI=1S/C25H44N6O10/c1-7-12(4)19(26)23(38)28-13(5)21(36)27-10-17(33)29-15(9-18(34)35)22(37)31-20(14(6)32)24(39)30-16(25(40)41)8-11(2)3/h11-16,19-20,32H,7-10,26H2,1-6H3,(H,27,36)(H,28,38)(H,29,33)(H,30,39)(H,31,37)(H,34,35)(H,40,41). The molecule has 0 saturated heterocycles. The zero-order valence-corrected chi connectivity index (χ0v) is 24.2. The highest BCUT2D eigenvalue weighted by Gasteiger charge is 2.33. The summed E-state index contributed by atoms with van der Waals surface area (Å²) in [6.07, 6.45) is -1.72. The van der Waals surface area contributed by atoms with Crippen LogP contribution in [0, 0.1) is 11.8 Å². The van der Waals surface area contributed by atoms with Gasteiger partial charge in [0.1, 0.15) is 24.2 Å². The maximum Gasteiger partial charge on any atom is 0.326 e. The van der Waals surface area contributed by atoms with E-state index in [4.69, 9.17) is 5.73 Å². The maximum atomic E-state index is 12.8. The lowest BCUT2D eigenvalue weighted by atomic mass is 9.99. The van der Waals surface area contributed by atoms with Crippen molar-refractivity contribution in [2.75, 3.05) is 6.54 Å². The van der Waals surface area contributed by atoms with Crippen LogP contribution in [-0.4, -0.2) is 99.7 Å². The summed E-state index contributed by atoms with van der Waals surface area (Å²) >= 11 is 0. The minimum atomic E-state index is -1.72. The molecule has 0 aliphatic heterocycles. The number of carboxylic acids is 2. The van der Waals surface area contributed by atoms with Crippen LogP contribution >= 0.6 is 0 Å². The van der Waals surface area contributed by atoms with Crippen LogP contribution in [0.1, 0.15) is 60.8 Å². The molecule has 41 heavy (non-hydrogen) atoms. The third-order valence-electron chi connectivity index (χ3n) is 6.15. The molecule has 0 aromatic heterocycles. The first-order chi connectivity index (χ1) is 18.9. The van der Waals surface area contributed by atoms with E-state index in [1.165, 1.54) is 6.92 Å². The van der Waals surface area contributed by atoms with Crippen LogP contribution < -0.4 is 32.3 Å². The average Bonchev–Trinajstić information content (AvgIpc) is 2.87. The maximum absolute atomic E-state index is 12.8. The van der Waals surface area contributed by atoms with Gasteiger partial charge < -0.3 is 47.6 Å². The van der Waals surface area contributed by atoms with E-state index < -0.39 is 90.8 Å². The Bertz CT molecular complexity index is 957. The molecule has 234 valence electrons. The molecule has 0 aromatic carbocycles. The molecule has 0 aliphatic carbocycles. The van der Waals surface area contributed by atoms with Crippen LogP contribution in [0.3, 0.4) is 0 Å². The molecule has 0 aromatic rings. The Labute approximate surface area is 238 Å². The van der Waals surface area contributed by atoms with Gasteiger partial charge in [0.15, 0.2) is 0 Å². The summed E-state index contributed by atoms with van der Waals surface area (Å²) < 4.78 is 0. The molecular formula is C25H44N6O10. The fraction of sp³-hybridized carbons (Fsp3) is 0.720. The summed E-state index contributed by atoms with van der Waals surface area (Å²) in [4.78, 5) is 85.1. The van der Waals surface area contributed by atoms with Crippen LogP contribution in [0.2, 0.25) is 0 Å². The average molecular weight is 589 g/mol. The Hall–Kier alpha value is -3.79. The highest BCUT2D eigenvalue weighted by molar-refractivity contribution is 5.96. The zero-order valence-electron chi connectivity index (χ0n) is 24.2. The van der Waals surface area contributed by atoms with E-state index >= 15 is 0 Å². The molecule has 0 aliphatic rings. The first-order valence-corrected chi connectivity index (χ1v) is 13.3. The molecule has 16 nitrogen and oxygen atoms in total. The van der Waals surface area contributed by atoms with E-state index in [0.717, 1.165) is 6.92 Å². The van der Waals surface area contributed by atoms with Gasteiger partial charge in [0, 0.05) is 0 Å². The number of carbonyl (C=O) groups is 7. The van der Waals surface area contributed by atoms with E-state index in [0.29, 0.717) is 6.42 Å².